The zero-order valence-corrected chi connectivity index (χ0v) is 8.16. The maximum atomic E-state index is 8.42. The standard InChI is InChI=1S/C9H19N3O/c1-2-7(6-9(10)12-13)11-8-4-3-5-8/h7-8,11,13H,2-6H2,1H3,(H2,10,12). The molecule has 4 nitrogen and oxygen atoms in total. The van der Waals surface area contributed by atoms with Crippen molar-refractivity contribution in [3.8, 4) is 0 Å². The SMILES string of the molecule is CCC(CC(N)=NO)NC1CCC1. The molecule has 1 rings (SSSR count). The van der Waals surface area contributed by atoms with Gasteiger partial charge < -0.3 is 16.3 Å². The third-order valence-electron chi connectivity index (χ3n) is 2.65. The van der Waals surface area contributed by atoms with Gasteiger partial charge in [-0.2, -0.15) is 0 Å². The van der Waals surface area contributed by atoms with Gasteiger partial charge in [0.25, 0.3) is 0 Å². The van der Waals surface area contributed by atoms with E-state index in [0.29, 0.717) is 24.3 Å². The summed E-state index contributed by atoms with van der Waals surface area (Å²) < 4.78 is 0. The highest BCUT2D eigenvalue weighted by molar-refractivity contribution is 5.80. The summed E-state index contributed by atoms with van der Waals surface area (Å²) >= 11 is 0. The van der Waals surface area contributed by atoms with Gasteiger partial charge in [-0.15, -0.1) is 0 Å². The van der Waals surface area contributed by atoms with Crippen LogP contribution in [0.25, 0.3) is 0 Å². The maximum absolute atomic E-state index is 8.42. The summed E-state index contributed by atoms with van der Waals surface area (Å²) in [6, 6.07) is 1.03. The lowest BCUT2D eigenvalue weighted by Gasteiger charge is -2.31. The van der Waals surface area contributed by atoms with Crippen molar-refractivity contribution in [2.45, 2.75) is 51.1 Å². The molecule has 0 heterocycles. The first kappa shape index (κ1) is 10.3. The quantitative estimate of drug-likeness (QED) is 0.259. The minimum atomic E-state index is 0.318. The Balaban J connectivity index is 2.24. The fourth-order valence-electron chi connectivity index (χ4n) is 1.52. The van der Waals surface area contributed by atoms with Crippen LogP contribution in [-0.2, 0) is 0 Å². The topological polar surface area (TPSA) is 70.6 Å². The molecule has 0 spiro atoms. The highest BCUT2D eigenvalue weighted by atomic mass is 16.4. The van der Waals surface area contributed by atoms with Crippen molar-refractivity contribution < 1.29 is 5.21 Å². The van der Waals surface area contributed by atoms with Crippen LogP contribution in [0, 0.1) is 0 Å². The smallest absolute Gasteiger partial charge is 0.140 e. The molecule has 0 bridgehead atoms. The van der Waals surface area contributed by atoms with E-state index in [9.17, 15) is 0 Å². The Hall–Kier alpha value is -0.770. The fraction of sp³-hybridized carbons (Fsp3) is 0.889. The second kappa shape index (κ2) is 5.07. The lowest BCUT2D eigenvalue weighted by atomic mass is 9.92. The van der Waals surface area contributed by atoms with E-state index >= 15 is 0 Å². The minimum Gasteiger partial charge on any atom is -0.409 e. The number of nitrogens with one attached hydrogen (secondary N) is 1. The van der Waals surface area contributed by atoms with Crippen LogP contribution < -0.4 is 11.1 Å². The molecule has 1 aliphatic carbocycles. The summed E-state index contributed by atoms with van der Waals surface area (Å²) in [6.07, 6.45) is 5.53. The average molecular weight is 185 g/mol. The molecule has 1 atom stereocenters. The van der Waals surface area contributed by atoms with Crippen molar-refractivity contribution in [1.29, 1.82) is 0 Å². The van der Waals surface area contributed by atoms with Gasteiger partial charge in [0.1, 0.15) is 5.84 Å². The highest BCUT2D eigenvalue weighted by Crippen LogP contribution is 2.19. The number of nitrogens with two attached hydrogens (primary N) is 1. The van der Waals surface area contributed by atoms with Crippen molar-refractivity contribution in [3.63, 3.8) is 0 Å². The molecule has 0 aromatic rings. The van der Waals surface area contributed by atoms with Crippen LogP contribution in [0.4, 0.5) is 0 Å². The van der Waals surface area contributed by atoms with Crippen molar-refractivity contribution in [1.82, 2.24) is 5.32 Å². The van der Waals surface area contributed by atoms with E-state index in [2.05, 4.69) is 17.4 Å². The van der Waals surface area contributed by atoms with E-state index in [1.54, 1.807) is 0 Å². The molecule has 1 fully saturated rings. The number of hydrogen-bond donors (Lipinski definition) is 3. The summed E-state index contributed by atoms with van der Waals surface area (Å²) in [5, 5.41) is 14.9. The van der Waals surface area contributed by atoms with Gasteiger partial charge in [0.05, 0.1) is 0 Å². The largest absolute Gasteiger partial charge is 0.409 e. The number of amidine groups is 1. The van der Waals surface area contributed by atoms with Crippen LogP contribution >= 0.6 is 0 Å². The molecule has 1 aliphatic rings. The van der Waals surface area contributed by atoms with E-state index in [-0.39, 0.29) is 0 Å². The summed E-state index contributed by atoms with van der Waals surface area (Å²) in [4.78, 5) is 0. The van der Waals surface area contributed by atoms with Crippen LogP contribution in [0.1, 0.15) is 39.0 Å². The monoisotopic (exact) mass is 185 g/mol. The van der Waals surface area contributed by atoms with Crippen molar-refractivity contribution in [2.75, 3.05) is 0 Å². The van der Waals surface area contributed by atoms with Gasteiger partial charge in [-0.05, 0) is 19.3 Å². The molecule has 0 aliphatic heterocycles. The van der Waals surface area contributed by atoms with Crippen LogP contribution in [0.5, 0.6) is 0 Å². The normalized spacial score (nSPS) is 21.2. The Kier molecular flexibility index (Phi) is 4.02. The zero-order valence-electron chi connectivity index (χ0n) is 8.16. The van der Waals surface area contributed by atoms with Crippen LogP contribution in [0.2, 0.25) is 0 Å². The molecule has 1 saturated carbocycles. The molecule has 4 N–H and O–H groups in total. The highest BCUT2D eigenvalue weighted by Gasteiger charge is 2.20. The zero-order chi connectivity index (χ0) is 9.68. The van der Waals surface area contributed by atoms with Crippen molar-refractivity contribution >= 4 is 5.84 Å². The van der Waals surface area contributed by atoms with Gasteiger partial charge >= 0.3 is 0 Å². The van der Waals surface area contributed by atoms with Gasteiger partial charge in [-0.25, -0.2) is 0 Å². The molecule has 0 aromatic heterocycles. The molecule has 76 valence electrons. The molecule has 0 amide bonds. The molecular formula is C9H19N3O. The number of nitrogens with zero attached hydrogens (tertiary/aromatic N) is 1. The Morgan fingerprint density at radius 2 is 2.38 bits per heavy atom. The number of rotatable bonds is 5. The van der Waals surface area contributed by atoms with E-state index < -0.39 is 0 Å². The van der Waals surface area contributed by atoms with E-state index in [1.807, 2.05) is 0 Å². The van der Waals surface area contributed by atoms with Gasteiger partial charge in [0.2, 0.25) is 0 Å². The lowest BCUT2D eigenvalue weighted by molar-refractivity contribution is 0.295. The Bertz CT molecular complexity index is 178. The third-order valence-corrected chi connectivity index (χ3v) is 2.65. The molecule has 0 aromatic carbocycles. The maximum Gasteiger partial charge on any atom is 0.140 e. The number of oxime groups is 1. The Labute approximate surface area is 79.2 Å². The van der Waals surface area contributed by atoms with Crippen LogP contribution in [0.3, 0.4) is 0 Å². The van der Waals surface area contributed by atoms with Gasteiger partial charge in [-0.3, -0.25) is 0 Å². The van der Waals surface area contributed by atoms with Gasteiger partial charge in [0.15, 0.2) is 0 Å². The van der Waals surface area contributed by atoms with Crippen molar-refractivity contribution in [2.24, 2.45) is 10.9 Å². The van der Waals surface area contributed by atoms with Crippen LogP contribution in [-0.4, -0.2) is 23.1 Å². The molecule has 0 saturated heterocycles. The van der Waals surface area contributed by atoms with Crippen molar-refractivity contribution in [3.05, 3.63) is 0 Å². The first-order valence-corrected chi connectivity index (χ1v) is 4.98. The predicted molar refractivity (Wildman–Crippen MR) is 52.9 cm³/mol. The first-order valence-electron chi connectivity index (χ1n) is 4.98. The summed E-state index contributed by atoms with van der Waals surface area (Å²) in [5.74, 6) is 0.318. The summed E-state index contributed by atoms with van der Waals surface area (Å²) in [5.41, 5.74) is 5.44. The molecule has 0 radical (unpaired) electrons. The van der Waals surface area contributed by atoms with Crippen LogP contribution in [0.15, 0.2) is 5.16 Å². The molecule has 1 unspecified atom stereocenters. The number of hydrogen-bond acceptors (Lipinski definition) is 3. The first-order chi connectivity index (χ1) is 6.26. The summed E-state index contributed by atoms with van der Waals surface area (Å²) in [6.45, 7) is 2.11. The Morgan fingerprint density at radius 3 is 2.77 bits per heavy atom. The minimum absolute atomic E-state index is 0.318. The summed E-state index contributed by atoms with van der Waals surface area (Å²) in [7, 11) is 0. The lowest BCUT2D eigenvalue weighted by Crippen LogP contribution is -2.43. The van der Waals surface area contributed by atoms with E-state index in [0.717, 1.165) is 6.42 Å². The Morgan fingerprint density at radius 1 is 1.69 bits per heavy atom. The third kappa shape index (κ3) is 3.22. The van der Waals surface area contributed by atoms with E-state index in [4.69, 9.17) is 10.9 Å². The average Bonchev–Trinajstić information content (AvgIpc) is 2.08. The van der Waals surface area contributed by atoms with E-state index in [1.165, 1.54) is 19.3 Å². The van der Waals surface area contributed by atoms with Gasteiger partial charge in [0, 0.05) is 18.5 Å². The second-order valence-electron chi connectivity index (χ2n) is 3.70. The molecular weight excluding hydrogens is 166 g/mol. The fourth-order valence-corrected chi connectivity index (χ4v) is 1.52. The predicted octanol–water partition coefficient (Wildman–Crippen LogP) is 1.04. The second-order valence-corrected chi connectivity index (χ2v) is 3.70. The molecule has 13 heavy (non-hydrogen) atoms. The molecule has 4 heteroatoms. The van der Waals surface area contributed by atoms with Gasteiger partial charge in [-0.1, -0.05) is 18.5 Å².